The van der Waals surface area contributed by atoms with Gasteiger partial charge < -0.3 is 10.0 Å². The SMILES string of the molecule is CC1CN2CCCCC2CN1C(=O)c1cc(O)ccc1Cl. The highest BCUT2D eigenvalue weighted by Gasteiger charge is 2.35. The lowest BCUT2D eigenvalue weighted by atomic mass is 9.96. The second-order valence-corrected chi connectivity index (χ2v) is 6.52. The molecule has 4 nitrogen and oxygen atoms in total. The summed E-state index contributed by atoms with van der Waals surface area (Å²) in [7, 11) is 0. The number of carbonyl (C=O) groups is 1. The highest BCUT2D eigenvalue weighted by Crippen LogP contribution is 2.28. The fraction of sp³-hybridized carbons (Fsp3) is 0.562. The van der Waals surface area contributed by atoms with Gasteiger partial charge in [-0.3, -0.25) is 9.69 Å². The van der Waals surface area contributed by atoms with Crippen LogP contribution in [0.5, 0.6) is 5.75 Å². The van der Waals surface area contributed by atoms with Crippen LogP contribution in [0.1, 0.15) is 36.5 Å². The number of hydrogen-bond donors (Lipinski definition) is 1. The minimum Gasteiger partial charge on any atom is -0.508 e. The minimum atomic E-state index is -0.0753. The average Bonchev–Trinajstić information content (AvgIpc) is 2.48. The molecule has 0 aliphatic carbocycles. The first-order valence-electron chi connectivity index (χ1n) is 7.60. The summed E-state index contributed by atoms with van der Waals surface area (Å²) in [5, 5.41) is 10.00. The maximum Gasteiger partial charge on any atom is 0.255 e. The van der Waals surface area contributed by atoms with Crippen molar-refractivity contribution in [1.29, 1.82) is 0 Å². The molecule has 0 radical (unpaired) electrons. The summed E-state index contributed by atoms with van der Waals surface area (Å²) >= 11 is 6.13. The number of phenols is 1. The van der Waals surface area contributed by atoms with Crippen molar-refractivity contribution >= 4 is 17.5 Å². The first-order valence-corrected chi connectivity index (χ1v) is 7.97. The van der Waals surface area contributed by atoms with Gasteiger partial charge in [-0.05, 0) is 44.5 Å². The lowest BCUT2D eigenvalue weighted by molar-refractivity contribution is 0.0151. The molecule has 1 N–H and O–H groups in total. The number of fused-ring (bicyclic) bond motifs is 1. The molecule has 2 atom stereocenters. The number of amides is 1. The predicted molar refractivity (Wildman–Crippen MR) is 82.8 cm³/mol. The number of carbonyl (C=O) groups excluding carboxylic acids is 1. The third-order valence-electron chi connectivity index (χ3n) is 4.63. The first-order chi connectivity index (χ1) is 10.1. The zero-order valence-corrected chi connectivity index (χ0v) is 13.0. The number of piperidine rings is 1. The van der Waals surface area contributed by atoms with E-state index in [1.165, 1.54) is 25.0 Å². The molecule has 1 amide bonds. The Labute approximate surface area is 130 Å². The highest BCUT2D eigenvalue weighted by molar-refractivity contribution is 6.33. The van der Waals surface area contributed by atoms with E-state index in [0.29, 0.717) is 16.6 Å². The minimum absolute atomic E-state index is 0.0753. The van der Waals surface area contributed by atoms with Crippen LogP contribution >= 0.6 is 11.6 Å². The molecule has 0 spiro atoms. The molecular weight excluding hydrogens is 288 g/mol. The number of aromatic hydroxyl groups is 1. The van der Waals surface area contributed by atoms with Crippen molar-refractivity contribution in [3.63, 3.8) is 0 Å². The van der Waals surface area contributed by atoms with Gasteiger partial charge in [0.2, 0.25) is 0 Å². The molecule has 0 saturated carbocycles. The Hall–Kier alpha value is -1.26. The number of nitrogens with zero attached hydrogens (tertiary/aromatic N) is 2. The molecule has 2 aliphatic rings. The van der Waals surface area contributed by atoms with Gasteiger partial charge >= 0.3 is 0 Å². The molecule has 5 heteroatoms. The summed E-state index contributed by atoms with van der Waals surface area (Å²) in [6, 6.07) is 5.18. The summed E-state index contributed by atoms with van der Waals surface area (Å²) in [6.45, 7) is 4.90. The molecule has 2 heterocycles. The zero-order chi connectivity index (χ0) is 15.0. The van der Waals surface area contributed by atoms with Gasteiger partial charge in [-0.2, -0.15) is 0 Å². The largest absolute Gasteiger partial charge is 0.508 e. The van der Waals surface area contributed by atoms with E-state index in [2.05, 4.69) is 11.8 Å². The molecule has 3 rings (SSSR count). The van der Waals surface area contributed by atoms with E-state index >= 15 is 0 Å². The highest BCUT2D eigenvalue weighted by atomic mass is 35.5. The first kappa shape index (κ1) is 14.7. The molecule has 2 aliphatic heterocycles. The van der Waals surface area contributed by atoms with Gasteiger partial charge in [-0.1, -0.05) is 18.0 Å². The smallest absolute Gasteiger partial charge is 0.255 e. The van der Waals surface area contributed by atoms with Crippen LogP contribution in [-0.4, -0.2) is 52.5 Å². The van der Waals surface area contributed by atoms with Gasteiger partial charge in [0.25, 0.3) is 5.91 Å². The van der Waals surface area contributed by atoms with Crippen LogP contribution in [0.25, 0.3) is 0 Å². The topological polar surface area (TPSA) is 43.8 Å². The Bertz CT molecular complexity index is 549. The van der Waals surface area contributed by atoms with Gasteiger partial charge in [0.1, 0.15) is 5.75 Å². The number of benzene rings is 1. The molecule has 1 aromatic rings. The lowest BCUT2D eigenvalue weighted by Crippen LogP contribution is -2.60. The molecular formula is C16H21ClN2O2. The van der Waals surface area contributed by atoms with Crippen LogP contribution in [-0.2, 0) is 0 Å². The van der Waals surface area contributed by atoms with Crippen molar-refractivity contribution in [2.75, 3.05) is 19.6 Å². The Morgan fingerprint density at radius 1 is 1.33 bits per heavy atom. The van der Waals surface area contributed by atoms with E-state index in [9.17, 15) is 9.90 Å². The van der Waals surface area contributed by atoms with Crippen LogP contribution in [0, 0.1) is 0 Å². The number of phenolic OH excluding ortho intramolecular Hbond substituents is 1. The molecule has 2 fully saturated rings. The van der Waals surface area contributed by atoms with Gasteiger partial charge in [-0.25, -0.2) is 0 Å². The molecule has 114 valence electrons. The third kappa shape index (κ3) is 2.87. The number of rotatable bonds is 1. The second-order valence-electron chi connectivity index (χ2n) is 6.12. The standard InChI is InChI=1S/C16H21ClN2O2/c1-11-9-18-7-3-2-4-12(18)10-19(11)16(21)14-8-13(20)5-6-15(14)17/h5-6,8,11-12,20H,2-4,7,9-10H2,1H3. The van der Waals surface area contributed by atoms with E-state index in [0.717, 1.165) is 26.1 Å². The zero-order valence-electron chi connectivity index (χ0n) is 12.3. The van der Waals surface area contributed by atoms with Crippen molar-refractivity contribution in [3.05, 3.63) is 28.8 Å². The molecule has 0 bridgehead atoms. The van der Waals surface area contributed by atoms with E-state index in [4.69, 9.17) is 11.6 Å². The molecule has 21 heavy (non-hydrogen) atoms. The van der Waals surface area contributed by atoms with E-state index in [-0.39, 0.29) is 17.7 Å². The van der Waals surface area contributed by atoms with E-state index in [1.807, 2.05) is 4.90 Å². The average molecular weight is 309 g/mol. The maximum atomic E-state index is 12.8. The monoisotopic (exact) mass is 308 g/mol. The van der Waals surface area contributed by atoms with Crippen LogP contribution in [0.3, 0.4) is 0 Å². The molecule has 0 aromatic heterocycles. The predicted octanol–water partition coefficient (Wildman–Crippen LogP) is 2.74. The van der Waals surface area contributed by atoms with Crippen molar-refractivity contribution in [1.82, 2.24) is 9.80 Å². The Morgan fingerprint density at radius 3 is 2.95 bits per heavy atom. The quantitative estimate of drug-likeness (QED) is 0.867. The Balaban J connectivity index is 1.82. The van der Waals surface area contributed by atoms with Crippen LogP contribution in [0.2, 0.25) is 5.02 Å². The fourth-order valence-corrected chi connectivity index (χ4v) is 3.67. The van der Waals surface area contributed by atoms with Gasteiger partial charge in [-0.15, -0.1) is 0 Å². The van der Waals surface area contributed by atoms with Gasteiger partial charge in [0, 0.05) is 25.2 Å². The van der Waals surface area contributed by atoms with Crippen molar-refractivity contribution in [3.8, 4) is 5.75 Å². The summed E-state index contributed by atoms with van der Waals surface area (Å²) in [5.74, 6) is 0.000305. The van der Waals surface area contributed by atoms with E-state index in [1.54, 1.807) is 6.07 Å². The van der Waals surface area contributed by atoms with Crippen molar-refractivity contribution in [2.24, 2.45) is 0 Å². The molecule has 2 unspecified atom stereocenters. The van der Waals surface area contributed by atoms with Gasteiger partial charge in [0.05, 0.1) is 10.6 Å². The van der Waals surface area contributed by atoms with Crippen molar-refractivity contribution in [2.45, 2.75) is 38.3 Å². The normalized spacial score (nSPS) is 26.5. The summed E-state index contributed by atoms with van der Waals surface area (Å²) in [4.78, 5) is 17.2. The van der Waals surface area contributed by atoms with E-state index < -0.39 is 0 Å². The summed E-state index contributed by atoms with van der Waals surface area (Å²) in [5.41, 5.74) is 0.396. The Morgan fingerprint density at radius 2 is 2.14 bits per heavy atom. The summed E-state index contributed by atoms with van der Waals surface area (Å²) < 4.78 is 0. The number of piperazine rings is 1. The second kappa shape index (κ2) is 5.85. The van der Waals surface area contributed by atoms with Crippen molar-refractivity contribution < 1.29 is 9.90 Å². The molecule has 1 aromatic carbocycles. The lowest BCUT2D eigenvalue weighted by Gasteiger charge is -2.47. The summed E-state index contributed by atoms with van der Waals surface area (Å²) in [6.07, 6.45) is 3.66. The fourth-order valence-electron chi connectivity index (χ4n) is 3.47. The maximum absolute atomic E-state index is 12.8. The molecule has 2 saturated heterocycles. The van der Waals surface area contributed by atoms with Gasteiger partial charge in [0.15, 0.2) is 0 Å². The van der Waals surface area contributed by atoms with Crippen LogP contribution in [0.15, 0.2) is 18.2 Å². The Kier molecular flexibility index (Phi) is 4.09. The van der Waals surface area contributed by atoms with Crippen LogP contribution < -0.4 is 0 Å². The third-order valence-corrected chi connectivity index (χ3v) is 4.96. The van der Waals surface area contributed by atoms with Crippen LogP contribution in [0.4, 0.5) is 0 Å². The number of hydrogen-bond acceptors (Lipinski definition) is 3. The number of halogens is 1.